The number of rotatable bonds is 3. The van der Waals surface area contributed by atoms with E-state index in [-0.39, 0.29) is 24.3 Å². The molecule has 0 unspecified atom stereocenters. The first-order valence-electron chi connectivity index (χ1n) is 2.30. The van der Waals surface area contributed by atoms with Crippen molar-refractivity contribution in [3.63, 3.8) is 0 Å². The van der Waals surface area contributed by atoms with E-state index in [2.05, 4.69) is 25.3 Å². The molecule has 0 aromatic carbocycles. The van der Waals surface area contributed by atoms with Gasteiger partial charge in [0.25, 0.3) is 0 Å². The highest BCUT2D eigenvalue weighted by Crippen LogP contribution is 2.02. The second-order valence-electron chi connectivity index (χ2n) is 1.50. The molecule has 2 N–H and O–H groups in total. The highest BCUT2D eigenvalue weighted by molar-refractivity contribution is 7.84. The lowest BCUT2D eigenvalue weighted by atomic mass is 10.3. The lowest BCUT2D eigenvalue weighted by molar-refractivity contribution is 0.0978. The van der Waals surface area contributed by atoms with Crippen molar-refractivity contribution in [3.05, 3.63) is 0 Å². The van der Waals surface area contributed by atoms with Gasteiger partial charge in [-0.3, -0.25) is 0 Å². The third kappa shape index (κ3) is 5.36. The fraction of sp³-hybridized carbons (Fsp3) is 1.00. The van der Waals surface area contributed by atoms with E-state index >= 15 is 0 Å². The Kier molecular flexibility index (Phi) is 9.81. The molecule has 0 fully saturated rings. The molecule has 0 aliphatic heterocycles. The van der Waals surface area contributed by atoms with Gasteiger partial charge in [-0.15, -0.1) is 12.4 Å². The summed E-state index contributed by atoms with van der Waals surface area (Å²) in [6.45, 7) is -0.241. The summed E-state index contributed by atoms with van der Waals surface area (Å²) in [5.74, 6) is 0.477. The SMILES string of the molecule is Cl.OC[C@@H](O)[C@H](S)CS. The van der Waals surface area contributed by atoms with Gasteiger partial charge >= 0.3 is 0 Å². The second kappa shape index (κ2) is 7.02. The van der Waals surface area contributed by atoms with Crippen molar-refractivity contribution < 1.29 is 10.2 Å². The Morgan fingerprint density at radius 2 is 1.89 bits per heavy atom. The largest absolute Gasteiger partial charge is 0.394 e. The van der Waals surface area contributed by atoms with Gasteiger partial charge in [-0.2, -0.15) is 25.3 Å². The Hall–Kier alpha value is 0.910. The third-order valence-electron chi connectivity index (χ3n) is 0.818. The van der Waals surface area contributed by atoms with Gasteiger partial charge in [-0.1, -0.05) is 0 Å². The Morgan fingerprint density at radius 1 is 1.44 bits per heavy atom. The lowest BCUT2D eigenvalue weighted by Crippen LogP contribution is -2.25. The zero-order chi connectivity index (χ0) is 6.57. The van der Waals surface area contributed by atoms with Crippen LogP contribution in [0.3, 0.4) is 0 Å². The van der Waals surface area contributed by atoms with Crippen LogP contribution < -0.4 is 0 Å². The summed E-state index contributed by atoms with van der Waals surface area (Å²) in [5, 5.41) is 16.8. The van der Waals surface area contributed by atoms with Crippen LogP contribution in [0.2, 0.25) is 0 Å². The van der Waals surface area contributed by atoms with Gasteiger partial charge in [0.15, 0.2) is 0 Å². The van der Waals surface area contributed by atoms with Gasteiger partial charge in [-0.25, -0.2) is 0 Å². The first-order valence-corrected chi connectivity index (χ1v) is 3.45. The Morgan fingerprint density at radius 3 is 2.00 bits per heavy atom. The molecule has 0 aromatic rings. The van der Waals surface area contributed by atoms with Gasteiger partial charge < -0.3 is 10.2 Å². The van der Waals surface area contributed by atoms with Crippen LogP contribution in [0.15, 0.2) is 0 Å². The zero-order valence-electron chi connectivity index (χ0n) is 4.77. The summed E-state index contributed by atoms with van der Waals surface area (Å²) in [5.41, 5.74) is 0. The molecule has 0 saturated heterocycles. The quantitative estimate of drug-likeness (QED) is 0.473. The van der Waals surface area contributed by atoms with Crippen molar-refractivity contribution in [1.82, 2.24) is 0 Å². The number of hydrogen-bond donors (Lipinski definition) is 4. The monoisotopic (exact) mass is 190 g/mol. The molecule has 2 nitrogen and oxygen atoms in total. The van der Waals surface area contributed by atoms with Crippen molar-refractivity contribution in [2.45, 2.75) is 11.4 Å². The van der Waals surface area contributed by atoms with Gasteiger partial charge in [0, 0.05) is 11.0 Å². The zero-order valence-corrected chi connectivity index (χ0v) is 7.37. The Bertz CT molecular complexity index is 56.5. The predicted molar refractivity (Wildman–Crippen MR) is 47.0 cm³/mol. The predicted octanol–water partition coefficient (Wildman–Crippen LogP) is -0.0104. The van der Waals surface area contributed by atoms with Crippen molar-refractivity contribution in [2.75, 3.05) is 12.4 Å². The molecule has 0 aromatic heterocycles. The van der Waals surface area contributed by atoms with Crippen LogP contribution in [-0.2, 0) is 0 Å². The molecular weight excluding hydrogens is 180 g/mol. The molecular formula is C4H11ClO2S2. The summed E-state index contributed by atoms with van der Waals surface area (Å²) >= 11 is 7.78. The molecule has 0 aliphatic rings. The number of thiol groups is 2. The highest BCUT2D eigenvalue weighted by atomic mass is 35.5. The maximum atomic E-state index is 8.75. The van der Waals surface area contributed by atoms with Crippen LogP contribution in [0, 0.1) is 0 Å². The Labute approximate surface area is 71.9 Å². The molecule has 0 bridgehead atoms. The van der Waals surface area contributed by atoms with Crippen molar-refractivity contribution >= 4 is 37.7 Å². The van der Waals surface area contributed by atoms with Crippen molar-refractivity contribution in [3.8, 4) is 0 Å². The van der Waals surface area contributed by atoms with Gasteiger partial charge in [0.2, 0.25) is 0 Å². The number of aliphatic hydroxyl groups is 2. The molecule has 0 spiro atoms. The maximum Gasteiger partial charge on any atom is 0.0894 e. The van der Waals surface area contributed by atoms with Crippen molar-refractivity contribution in [1.29, 1.82) is 0 Å². The van der Waals surface area contributed by atoms with E-state index in [4.69, 9.17) is 10.2 Å². The normalized spacial score (nSPS) is 16.0. The summed E-state index contributed by atoms with van der Waals surface area (Å²) in [6.07, 6.45) is -0.740. The molecule has 9 heavy (non-hydrogen) atoms. The topological polar surface area (TPSA) is 40.5 Å². The van der Waals surface area contributed by atoms with Crippen LogP contribution in [0.4, 0.5) is 0 Å². The van der Waals surface area contributed by atoms with Crippen LogP contribution >= 0.6 is 37.7 Å². The molecule has 0 heterocycles. The standard InChI is InChI=1S/C4H10O2S2.ClH/c5-1-3(6)4(8)2-7;/h3-8H,1-2H2;1H/t3-,4-;/m1./s1. The summed E-state index contributed by atoms with van der Waals surface area (Å²) in [6, 6.07) is 0. The second-order valence-corrected chi connectivity index (χ2v) is 2.53. The summed E-state index contributed by atoms with van der Waals surface area (Å²) < 4.78 is 0. The van der Waals surface area contributed by atoms with E-state index in [9.17, 15) is 0 Å². The average Bonchev–Trinajstić information content (AvgIpc) is 1.84. The van der Waals surface area contributed by atoms with Crippen LogP contribution in [0.1, 0.15) is 0 Å². The van der Waals surface area contributed by atoms with Crippen molar-refractivity contribution in [2.24, 2.45) is 0 Å². The molecule has 58 valence electrons. The number of hydrogen-bond acceptors (Lipinski definition) is 4. The molecule has 0 aliphatic carbocycles. The minimum atomic E-state index is -0.740. The fourth-order valence-electron chi connectivity index (χ4n) is 0.243. The highest BCUT2D eigenvalue weighted by Gasteiger charge is 2.10. The Balaban J connectivity index is 0. The minimum absolute atomic E-state index is 0. The maximum absolute atomic E-state index is 8.75. The van der Waals surface area contributed by atoms with E-state index in [0.29, 0.717) is 5.75 Å². The number of aliphatic hydroxyl groups excluding tert-OH is 2. The third-order valence-corrected chi connectivity index (χ3v) is 2.03. The molecule has 5 heteroatoms. The summed E-state index contributed by atoms with van der Waals surface area (Å²) in [4.78, 5) is 0. The van der Waals surface area contributed by atoms with Crippen LogP contribution in [0.5, 0.6) is 0 Å². The van der Waals surface area contributed by atoms with E-state index in [1.165, 1.54) is 0 Å². The van der Waals surface area contributed by atoms with Crippen LogP contribution in [-0.4, -0.2) is 33.9 Å². The van der Waals surface area contributed by atoms with E-state index in [0.717, 1.165) is 0 Å². The van der Waals surface area contributed by atoms with E-state index < -0.39 is 6.10 Å². The molecule has 0 rings (SSSR count). The van der Waals surface area contributed by atoms with E-state index in [1.54, 1.807) is 0 Å². The minimum Gasteiger partial charge on any atom is -0.394 e. The molecule has 0 amide bonds. The van der Waals surface area contributed by atoms with Gasteiger partial charge in [-0.05, 0) is 0 Å². The fourth-order valence-corrected chi connectivity index (χ4v) is 0.581. The van der Waals surface area contributed by atoms with E-state index in [1.807, 2.05) is 0 Å². The molecule has 0 radical (unpaired) electrons. The smallest absolute Gasteiger partial charge is 0.0894 e. The van der Waals surface area contributed by atoms with Crippen LogP contribution in [0.25, 0.3) is 0 Å². The van der Waals surface area contributed by atoms with Gasteiger partial charge in [0.1, 0.15) is 0 Å². The molecule has 2 atom stereocenters. The summed E-state index contributed by atoms with van der Waals surface area (Å²) in [7, 11) is 0. The molecule has 0 saturated carbocycles. The number of halogens is 1. The first-order chi connectivity index (χ1) is 3.72. The van der Waals surface area contributed by atoms with Gasteiger partial charge in [0.05, 0.1) is 12.7 Å². The first kappa shape index (κ1) is 12.6. The lowest BCUT2D eigenvalue weighted by Gasteiger charge is -2.11. The average molecular weight is 191 g/mol.